The van der Waals surface area contributed by atoms with Crippen molar-refractivity contribution in [3.05, 3.63) is 30.3 Å². The van der Waals surface area contributed by atoms with Crippen molar-refractivity contribution in [2.24, 2.45) is 5.41 Å². The molecule has 1 spiro atoms. The van der Waals surface area contributed by atoms with Crippen LogP contribution in [0.3, 0.4) is 0 Å². The van der Waals surface area contributed by atoms with E-state index >= 15 is 0 Å². The lowest BCUT2D eigenvalue weighted by molar-refractivity contribution is -0.119. The number of benzene rings is 1. The van der Waals surface area contributed by atoms with Crippen molar-refractivity contribution in [3.63, 3.8) is 0 Å². The molecule has 106 valence electrons. The van der Waals surface area contributed by atoms with Crippen LogP contribution in [0.1, 0.15) is 19.3 Å². The largest absolute Gasteiger partial charge is 0.415 e. The molecule has 3 rings (SSSR count). The zero-order valence-electron chi connectivity index (χ0n) is 11.3. The van der Waals surface area contributed by atoms with Crippen LogP contribution in [-0.2, 0) is 4.79 Å². The molecule has 1 aromatic carbocycles. The number of amides is 2. The second-order valence-corrected chi connectivity index (χ2v) is 5.62. The predicted octanol–water partition coefficient (Wildman–Crippen LogP) is 1.79. The lowest BCUT2D eigenvalue weighted by Gasteiger charge is -2.37. The molecule has 0 bridgehead atoms. The second-order valence-electron chi connectivity index (χ2n) is 5.62. The van der Waals surface area contributed by atoms with Gasteiger partial charge in [0.15, 0.2) is 0 Å². The zero-order valence-corrected chi connectivity index (χ0v) is 11.3. The van der Waals surface area contributed by atoms with Gasteiger partial charge in [-0.2, -0.15) is 0 Å². The Morgan fingerprint density at radius 1 is 1.20 bits per heavy atom. The van der Waals surface area contributed by atoms with Crippen molar-refractivity contribution < 1.29 is 14.3 Å². The van der Waals surface area contributed by atoms with Gasteiger partial charge < -0.3 is 15.0 Å². The van der Waals surface area contributed by atoms with Gasteiger partial charge in [0.05, 0.1) is 0 Å². The first-order valence-electron chi connectivity index (χ1n) is 6.95. The number of nitrogens with one attached hydrogen (secondary N) is 1. The minimum atomic E-state index is -0.302. The molecule has 0 radical (unpaired) electrons. The number of rotatable bonds is 1. The highest BCUT2D eigenvalue weighted by Crippen LogP contribution is 2.37. The Labute approximate surface area is 117 Å². The molecule has 2 aliphatic rings. The number of nitrogens with zero attached hydrogens (tertiary/aromatic N) is 1. The SMILES string of the molecule is O=C1CC2(CCN(C(=O)Oc3ccccc3)CC2)CN1. The number of likely N-dealkylation sites (tertiary alicyclic amines) is 1. The van der Waals surface area contributed by atoms with E-state index in [9.17, 15) is 9.59 Å². The van der Waals surface area contributed by atoms with Gasteiger partial charge in [0, 0.05) is 26.1 Å². The van der Waals surface area contributed by atoms with Crippen molar-refractivity contribution in [1.29, 1.82) is 0 Å². The van der Waals surface area contributed by atoms with E-state index in [1.54, 1.807) is 17.0 Å². The lowest BCUT2D eigenvalue weighted by atomic mass is 9.78. The normalized spacial score (nSPS) is 20.8. The third-order valence-corrected chi connectivity index (χ3v) is 4.23. The highest BCUT2D eigenvalue weighted by Gasteiger charge is 2.41. The fourth-order valence-electron chi connectivity index (χ4n) is 2.92. The monoisotopic (exact) mass is 274 g/mol. The van der Waals surface area contributed by atoms with Gasteiger partial charge in [-0.25, -0.2) is 4.79 Å². The molecule has 5 heteroatoms. The Bertz CT molecular complexity index is 507. The minimum Gasteiger partial charge on any atom is -0.410 e. The van der Waals surface area contributed by atoms with E-state index in [2.05, 4.69) is 5.32 Å². The maximum Gasteiger partial charge on any atom is 0.415 e. The number of piperidine rings is 1. The Kier molecular flexibility index (Phi) is 3.34. The van der Waals surface area contributed by atoms with Crippen LogP contribution in [0, 0.1) is 5.41 Å². The van der Waals surface area contributed by atoms with Crippen LogP contribution in [0.2, 0.25) is 0 Å². The van der Waals surface area contributed by atoms with E-state index in [1.165, 1.54) is 0 Å². The number of hydrogen-bond donors (Lipinski definition) is 1. The van der Waals surface area contributed by atoms with E-state index in [0.29, 0.717) is 25.3 Å². The van der Waals surface area contributed by atoms with E-state index in [1.807, 2.05) is 18.2 Å². The molecule has 5 nitrogen and oxygen atoms in total. The maximum absolute atomic E-state index is 12.1. The molecule has 1 aromatic rings. The predicted molar refractivity (Wildman–Crippen MR) is 73.3 cm³/mol. The Balaban J connectivity index is 1.55. The topological polar surface area (TPSA) is 58.6 Å². The van der Waals surface area contributed by atoms with Crippen molar-refractivity contribution in [3.8, 4) is 5.75 Å². The molecule has 2 aliphatic heterocycles. The fraction of sp³-hybridized carbons (Fsp3) is 0.467. The number of hydrogen-bond acceptors (Lipinski definition) is 3. The summed E-state index contributed by atoms with van der Waals surface area (Å²) in [6.07, 6.45) is 2.00. The number of carbonyl (C=O) groups is 2. The average molecular weight is 274 g/mol. The van der Waals surface area contributed by atoms with Crippen LogP contribution in [-0.4, -0.2) is 36.5 Å². The molecule has 1 N–H and O–H groups in total. The minimum absolute atomic E-state index is 0.0562. The van der Waals surface area contributed by atoms with Crippen molar-refractivity contribution in [2.75, 3.05) is 19.6 Å². The van der Waals surface area contributed by atoms with E-state index in [-0.39, 0.29) is 17.4 Å². The van der Waals surface area contributed by atoms with Crippen molar-refractivity contribution >= 4 is 12.0 Å². The summed E-state index contributed by atoms with van der Waals surface area (Å²) in [4.78, 5) is 25.1. The van der Waals surface area contributed by atoms with Crippen LogP contribution in [0.15, 0.2) is 30.3 Å². The molecular formula is C15H18N2O3. The lowest BCUT2D eigenvalue weighted by Crippen LogP contribution is -2.45. The van der Waals surface area contributed by atoms with Gasteiger partial charge in [-0.1, -0.05) is 18.2 Å². The summed E-state index contributed by atoms with van der Waals surface area (Å²) in [5, 5.41) is 2.89. The van der Waals surface area contributed by atoms with Gasteiger partial charge in [-0.3, -0.25) is 4.79 Å². The van der Waals surface area contributed by atoms with Gasteiger partial charge in [0.2, 0.25) is 5.91 Å². The summed E-state index contributed by atoms with van der Waals surface area (Å²) in [6, 6.07) is 9.09. The summed E-state index contributed by atoms with van der Waals surface area (Å²) >= 11 is 0. The van der Waals surface area contributed by atoms with Gasteiger partial charge >= 0.3 is 6.09 Å². The smallest absolute Gasteiger partial charge is 0.410 e. The third kappa shape index (κ3) is 2.61. The summed E-state index contributed by atoms with van der Waals surface area (Å²) in [5.41, 5.74) is 0.0562. The van der Waals surface area contributed by atoms with E-state index < -0.39 is 0 Å². The Morgan fingerprint density at radius 3 is 2.50 bits per heavy atom. The summed E-state index contributed by atoms with van der Waals surface area (Å²) < 4.78 is 5.33. The molecule has 2 amide bonds. The van der Waals surface area contributed by atoms with E-state index in [4.69, 9.17) is 4.74 Å². The standard InChI is InChI=1S/C15H18N2O3/c18-13-10-15(11-16-13)6-8-17(9-7-15)14(19)20-12-4-2-1-3-5-12/h1-5H,6-11H2,(H,16,18). The fourth-order valence-corrected chi connectivity index (χ4v) is 2.92. The first kappa shape index (κ1) is 13.0. The van der Waals surface area contributed by atoms with Crippen LogP contribution in [0.25, 0.3) is 0 Å². The second kappa shape index (κ2) is 5.15. The highest BCUT2D eigenvalue weighted by atomic mass is 16.6. The molecule has 2 saturated heterocycles. The van der Waals surface area contributed by atoms with Crippen LogP contribution in [0.5, 0.6) is 5.75 Å². The van der Waals surface area contributed by atoms with Crippen LogP contribution in [0.4, 0.5) is 4.79 Å². The molecule has 2 fully saturated rings. The van der Waals surface area contributed by atoms with Gasteiger partial charge in [-0.15, -0.1) is 0 Å². The average Bonchev–Trinajstić information content (AvgIpc) is 2.81. The van der Waals surface area contributed by atoms with Gasteiger partial charge in [0.1, 0.15) is 5.75 Å². The van der Waals surface area contributed by atoms with Crippen molar-refractivity contribution in [2.45, 2.75) is 19.3 Å². The number of para-hydroxylation sites is 1. The summed E-state index contributed by atoms with van der Waals surface area (Å²) in [7, 11) is 0. The summed E-state index contributed by atoms with van der Waals surface area (Å²) in [6.45, 7) is 2.05. The molecule has 2 heterocycles. The first-order chi connectivity index (χ1) is 9.67. The Hall–Kier alpha value is -2.04. The Morgan fingerprint density at radius 2 is 1.90 bits per heavy atom. The van der Waals surface area contributed by atoms with Crippen molar-refractivity contribution in [1.82, 2.24) is 10.2 Å². The van der Waals surface area contributed by atoms with E-state index in [0.717, 1.165) is 19.4 Å². The molecule has 0 saturated carbocycles. The molecular weight excluding hydrogens is 256 g/mol. The quantitative estimate of drug-likeness (QED) is 0.849. The van der Waals surface area contributed by atoms with Gasteiger partial charge in [-0.05, 0) is 30.4 Å². The molecule has 0 atom stereocenters. The van der Waals surface area contributed by atoms with Gasteiger partial charge in [0.25, 0.3) is 0 Å². The number of ether oxygens (including phenoxy) is 1. The molecule has 0 aromatic heterocycles. The first-order valence-corrected chi connectivity index (χ1v) is 6.95. The zero-order chi connectivity index (χ0) is 14.0. The maximum atomic E-state index is 12.1. The summed E-state index contributed by atoms with van der Waals surface area (Å²) in [5.74, 6) is 0.695. The van der Waals surface area contributed by atoms with Crippen LogP contribution >= 0.6 is 0 Å². The highest BCUT2D eigenvalue weighted by molar-refractivity contribution is 5.79. The van der Waals surface area contributed by atoms with Crippen LogP contribution < -0.4 is 10.1 Å². The third-order valence-electron chi connectivity index (χ3n) is 4.23. The molecule has 0 aliphatic carbocycles. The molecule has 0 unspecified atom stereocenters. The number of carbonyl (C=O) groups excluding carboxylic acids is 2. The molecule has 20 heavy (non-hydrogen) atoms.